The second kappa shape index (κ2) is 6.64. The van der Waals surface area contributed by atoms with Gasteiger partial charge >= 0.3 is 6.18 Å². The molecule has 0 saturated carbocycles. The molecule has 0 unspecified atom stereocenters. The first-order valence-corrected chi connectivity index (χ1v) is 7.48. The van der Waals surface area contributed by atoms with Crippen molar-refractivity contribution in [2.75, 3.05) is 5.73 Å². The summed E-state index contributed by atoms with van der Waals surface area (Å²) in [6.45, 7) is 0.0651. The summed E-state index contributed by atoms with van der Waals surface area (Å²) in [6, 6.07) is 10.5. The van der Waals surface area contributed by atoms with Gasteiger partial charge in [-0.3, -0.25) is 0 Å². The molecule has 0 aliphatic heterocycles. The lowest BCUT2D eigenvalue weighted by molar-refractivity contribution is -0.137. The van der Waals surface area contributed by atoms with Crippen molar-refractivity contribution < 1.29 is 17.9 Å². The van der Waals surface area contributed by atoms with Crippen LogP contribution in [0.15, 0.2) is 42.5 Å². The van der Waals surface area contributed by atoms with Gasteiger partial charge in [-0.1, -0.05) is 35.0 Å². The van der Waals surface area contributed by atoms with Crippen molar-refractivity contribution >= 4 is 17.4 Å². The molecule has 25 heavy (non-hydrogen) atoms. The average Bonchev–Trinajstić information content (AvgIpc) is 2.98. The number of nitrogen functional groups attached to an aromatic ring is 1. The van der Waals surface area contributed by atoms with E-state index in [-0.39, 0.29) is 11.6 Å². The molecule has 3 N–H and O–H groups in total. The lowest BCUT2D eigenvalue weighted by Crippen LogP contribution is -2.06. The fourth-order valence-electron chi connectivity index (χ4n) is 2.23. The Morgan fingerprint density at radius 2 is 1.96 bits per heavy atom. The minimum Gasteiger partial charge on any atom is -0.489 e. The molecular formula is C16H12ClF3N4O. The van der Waals surface area contributed by atoms with Gasteiger partial charge in [0.15, 0.2) is 0 Å². The Hall–Kier alpha value is -2.74. The molecule has 0 aliphatic rings. The molecule has 0 atom stereocenters. The first-order valence-electron chi connectivity index (χ1n) is 7.10. The summed E-state index contributed by atoms with van der Waals surface area (Å²) in [5.74, 6) is 0.836. The van der Waals surface area contributed by atoms with Gasteiger partial charge in [0.25, 0.3) is 0 Å². The summed E-state index contributed by atoms with van der Waals surface area (Å²) in [5.41, 5.74) is 6.56. The number of alkyl halides is 3. The third-order valence-corrected chi connectivity index (χ3v) is 3.74. The van der Waals surface area contributed by atoms with Gasteiger partial charge in [-0.2, -0.15) is 13.2 Å². The first-order chi connectivity index (χ1) is 11.8. The molecule has 0 spiro atoms. The van der Waals surface area contributed by atoms with Crippen molar-refractivity contribution in [1.82, 2.24) is 15.4 Å². The Morgan fingerprint density at radius 3 is 2.60 bits per heavy atom. The topological polar surface area (TPSA) is 76.8 Å². The quantitative estimate of drug-likeness (QED) is 0.719. The maximum absolute atomic E-state index is 12.7. The van der Waals surface area contributed by atoms with Crippen LogP contribution >= 0.6 is 11.6 Å². The number of anilines is 1. The lowest BCUT2D eigenvalue weighted by Gasteiger charge is -2.11. The molecule has 3 rings (SSSR count). The number of benzene rings is 2. The molecule has 9 heteroatoms. The SMILES string of the molecule is Nc1[nH]nnc1-c1cccc(OCc2ccc(C(F)(F)F)c(Cl)c2)c1. The van der Waals surface area contributed by atoms with Gasteiger partial charge in [0.2, 0.25) is 0 Å². The number of aromatic nitrogens is 3. The Morgan fingerprint density at radius 1 is 1.16 bits per heavy atom. The number of hydrogen-bond acceptors (Lipinski definition) is 4. The van der Waals surface area contributed by atoms with Gasteiger partial charge in [0, 0.05) is 5.56 Å². The molecule has 5 nitrogen and oxygen atoms in total. The van der Waals surface area contributed by atoms with E-state index in [1.165, 1.54) is 12.1 Å². The van der Waals surface area contributed by atoms with Crippen LogP contribution in [0.25, 0.3) is 11.3 Å². The Bertz CT molecular complexity index is 895. The zero-order valence-corrected chi connectivity index (χ0v) is 13.4. The fourth-order valence-corrected chi connectivity index (χ4v) is 2.54. The molecule has 0 bridgehead atoms. The van der Waals surface area contributed by atoms with Crippen molar-refractivity contribution in [2.45, 2.75) is 12.8 Å². The van der Waals surface area contributed by atoms with E-state index >= 15 is 0 Å². The molecule has 130 valence electrons. The van der Waals surface area contributed by atoms with Crippen molar-refractivity contribution in [2.24, 2.45) is 0 Å². The van der Waals surface area contributed by atoms with Gasteiger partial charge in [0.1, 0.15) is 23.9 Å². The third kappa shape index (κ3) is 3.85. The predicted octanol–water partition coefficient (Wildman–Crippen LogP) is 4.31. The van der Waals surface area contributed by atoms with E-state index in [2.05, 4.69) is 15.4 Å². The summed E-state index contributed by atoms with van der Waals surface area (Å²) >= 11 is 5.70. The minimum atomic E-state index is -4.48. The number of hydrogen-bond donors (Lipinski definition) is 2. The molecule has 1 heterocycles. The van der Waals surface area contributed by atoms with E-state index in [9.17, 15) is 13.2 Å². The lowest BCUT2D eigenvalue weighted by atomic mass is 10.1. The summed E-state index contributed by atoms with van der Waals surface area (Å²) in [6.07, 6.45) is -4.48. The number of ether oxygens (including phenoxy) is 1. The van der Waals surface area contributed by atoms with Crippen LogP contribution in [-0.2, 0) is 12.8 Å². The van der Waals surface area contributed by atoms with Crippen molar-refractivity contribution in [1.29, 1.82) is 0 Å². The molecule has 2 aromatic carbocycles. The highest BCUT2D eigenvalue weighted by molar-refractivity contribution is 6.31. The molecule has 0 amide bonds. The summed E-state index contributed by atoms with van der Waals surface area (Å²) in [7, 11) is 0. The Kier molecular flexibility index (Phi) is 4.54. The second-order valence-electron chi connectivity index (χ2n) is 5.20. The van der Waals surface area contributed by atoms with E-state index in [1.54, 1.807) is 24.3 Å². The zero-order chi connectivity index (χ0) is 18.0. The number of nitrogens with one attached hydrogen (secondary N) is 1. The maximum atomic E-state index is 12.7. The van der Waals surface area contributed by atoms with Crippen LogP contribution in [-0.4, -0.2) is 15.4 Å². The molecule has 0 aliphatic carbocycles. The van der Waals surface area contributed by atoms with Gasteiger partial charge in [-0.05, 0) is 29.8 Å². The number of H-pyrrole nitrogens is 1. The van der Waals surface area contributed by atoms with Crippen LogP contribution in [0, 0.1) is 0 Å². The molecule has 1 aromatic heterocycles. The van der Waals surface area contributed by atoms with Crippen molar-refractivity contribution in [3.05, 3.63) is 58.6 Å². The number of nitrogens with two attached hydrogens (primary N) is 1. The van der Waals surface area contributed by atoms with Gasteiger partial charge in [0.05, 0.1) is 10.6 Å². The minimum absolute atomic E-state index is 0.0651. The maximum Gasteiger partial charge on any atom is 0.417 e. The average molecular weight is 369 g/mol. The third-order valence-electron chi connectivity index (χ3n) is 3.43. The van der Waals surface area contributed by atoms with E-state index < -0.39 is 11.7 Å². The highest BCUT2D eigenvalue weighted by atomic mass is 35.5. The molecular weight excluding hydrogens is 357 g/mol. The highest BCUT2D eigenvalue weighted by Gasteiger charge is 2.32. The van der Waals surface area contributed by atoms with E-state index in [1.807, 2.05) is 0 Å². The van der Waals surface area contributed by atoms with Crippen LogP contribution in [0.3, 0.4) is 0 Å². The number of aromatic amines is 1. The fraction of sp³-hybridized carbons (Fsp3) is 0.125. The monoisotopic (exact) mass is 368 g/mol. The van der Waals surface area contributed by atoms with Crippen LogP contribution in [0.5, 0.6) is 5.75 Å². The van der Waals surface area contributed by atoms with Gasteiger partial charge < -0.3 is 10.5 Å². The number of nitrogens with zero attached hydrogens (tertiary/aromatic N) is 2. The first kappa shape index (κ1) is 17.1. The van der Waals surface area contributed by atoms with Crippen LogP contribution in [0.4, 0.5) is 19.0 Å². The number of halogens is 4. The van der Waals surface area contributed by atoms with Gasteiger partial charge in [-0.25, -0.2) is 5.10 Å². The Labute approximate surface area is 145 Å². The van der Waals surface area contributed by atoms with Gasteiger partial charge in [-0.15, -0.1) is 5.10 Å². The molecule has 0 saturated heterocycles. The summed E-state index contributed by atoms with van der Waals surface area (Å²) < 4.78 is 43.7. The van der Waals surface area contributed by atoms with Crippen LogP contribution in [0.2, 0.25) is 5.02 Å². The summed E-state index contributed by atoms with van der Waals surface area (Å²) in [5, 5.41) is 9.67. The molecule has 3 aromatic rings. The normalized spacial score (nSPS) is 11.5. The summed E-state index contributed by atoms with van der Waals surface area (Å²) in [4.78, 5) is 0. The largest absolute Gasteiger partial charge is 0.489 e. The van der Waals surface area contributed by atoms with Crippen molar-refractivity contribution in [3.8, 4) is 17.0 Å². The predicted molar refractivity (Wildman–Crippen MR) is 87.0 cm³/mol. The van der Waals surface area contributed by atoms with Crippen molar-refractivity contribution in [3.63, 3.8) is 0 Å². The van der Waals surface area contributed by atoms with E-state index in [4.69, 9.17) is 22.1 Å². The highest BCUT2D eigenvalue weighted by Crippen LogP contribution is 2.35. The second-order valence-corrected chi connectivity index (χ2v) is 5.61. The zero-order valence-electron chi connectivity index (χ0n) is 12.6. The molecule has 0 fully saturated rings. The molecule has 0 radical (unpaired) electrons. The van der Waals surface area contributed by atoms with Crippen LogP contribution < -0.4 is 10.5 Å². The number of rotatable bonds is 4. The van der Waals surface area contributed by atoms with Crippen LogP contribution in [0.1, 0.15) is 11.1 Å². The Balaban J connectivity index is 1.74. The smallest absolute Gasteiger partial charge is 0.417 e. The standard InChI is InChI=1S/C16H12ClF3N4O/c17-13-6-9(4-5-12(13)16(18,19)20)8-25-11-3-1-2-10(7-11)14-15(21)23-24-22-14/h1-7H,8H2,(H3,21,22,23,24). The van der Waals surface area contributed by atoms with E-state index in [0.717, 1.165) is 6.07 Å². The van der Waals surface area contributed by atoms with E-state index in [0.29, 0.717) is 28.4 Å².